The Morgan fingerprint density at radius 2 is 1.69 bits per heavy atom. The molecule has 1 amide bonds. The molecule has 12 rings (SSSR count). The zero-order valence-electron chi connectivity index (χ0n) is 38.3. The molecule has 0 bridgehead atoms. The van der Waals surface area contributed by atoms with Crippen LogP contribution in [0, 0.1) is 25.6 Å². The molecule has 15 nitrogen and oxygen atoms in total. The van der Waals surface area contributed by atoms with Crippen LogP contribution in [0.4, 0.5) is 4.39 Å². The number of hydrogen-bond donors (Lipinski definition) is 1. The molecule has 2 saturated carbocycles. The van der Waals surface area contributed by atoms with Crippen molar-refractivity contribution < 1.29 is 18.4 Å². The predicted molar refractivity (Wildman–Crippen MR) is 248 cm³/mol. The second-order valence-electron chi connectivity index (χ2n) is 19.9. The number of aryl methyl sites for hydroxylation is 2. The van der Waals surface area contributed by atoms with Crippen LogP contribution in [0.3, 0.4) is 0 Å². The molecule has 67 heavy (non-hydrogen) atoms. The van der Waals surface area contributed by atoms with Crippen LogP contribution in [0.2, 0.25) is 0 Å². The highest BCUT2D eigenvalue weighted by Crippen LogP contribution is 2.56. The lowest BCUT2D eigenvalue weighted by Gasteiger charge is -2.35. The molecule has 8 aromatic rings. The maximum absolute atomic E-state index is 15.6. The Morgan fingerprint density at radius 1 is 0.910 bits per heavy atom. The topological polar surface area (TPSA) is 164 Å². The molecule has 16 heteroatoms. The third-order valence-corrected chi connectivity index (χ3v) is 15.0. The van der Waals surface area contributed by atoms with Gasteiger partial charge in [0.05, 0.1) is 57.7 Å². The van der Waals surface area contributed by atoms with Crippen LogP contribution < -0.4 is 11.3 Å². The molecule has 2 aliphatic carbocycles. The number of ether oxygens (including phenoxy) is 1. The Morgan fingerprint density at radius 3 is 2.40 bits per heavy atom. The fraction of sp³-hybridized carbons (Fsp3) is 0.392. The minimum Gasteiger partial charge on any atom is -0.376 e. The fourth-order valence-electron chi connectivity index (χ4n) is 11.3. The minimum absolute atomic E-state index is 0.0204. The van der Waals surface area contributed by atoms with Crippen molar-refractivity contribution in [2.24, 2.45) is 5.92 Å². The SMILES string of the molecule is Cc1cc(-n2nc3c(c2-c2cncn(-c4ccc5c(cnn5C5CC5)c4)c2=O)[C@H](C)N(C(=O)c2cc4cc([C@H]5CCOC(C)(C)C5)ccc4n2[C@@]2(c4noc(=O)[nH]4)C[C@@H]2C)CC3)cc(C)c1F. The van der Waals surface area contributed by atoms with Crippen molar-refractivity contribution in [1.29, 1.82) is 0 Å². The van der Waals surface area contributed by atoms with Gasteiger partial charge in [-0.25, -0.2) is 18.9 Å². The number of aromatic amines is 1. The molecule has 1 saturated heterocycles. The third-order valence-electron chi connectivity index (χ3n) is 15.0. The zero-order chi connectivity index (χ0) is 46.3. The molecule has 0 radical (unpaired) electrons. The first-order chi connectivity index (χ1) is 32.2. The van der Waals surface area contributed by atoms with E-state index in [-0.39, 0.29) is 40.3 Å². The number of carbonyl (C=O) groups is 1. The number of rotatable bonds is 8. The van der Waals surface area contributed by atoms with Gasteiger partial charge < -0.3 is 14.2 Å². The first-order valence-corrected chi connectivity index (χ1v) is 23.3. The van der Waals surface area contributed by atoms with E-state index in [4.69, 9.17) is 14.4 Å². The molecule has 4 atom stereocenters. The lowest BCUT2D eigenvalue weighted by Crippen LogP contribution is -2.41. The van der Waals surface area contributed by atoms with Crippen molar-refractivity contribution in [3.63, 3.8) is 0 Å². The summed E-state index contributed by atoms with van der Waals surface area (Å²) in [7, 11) is 0. The van der Waals surface area contributed by atoms with Gasteiger partial charge in [-0.15, -0.1) is 0 Å². The summed E-state index contributed by atoms with van der Waals surface area (Å²) in [4.78, 5) is 52.4. The molecule has 3 fully saturated rings. The summed E-state index contributed by atoms with van der Waals surface area (Å²) in [5, 5.41) is 15.8. The van der Waals surface area contributed by atoms with E-state index in [2.05, 4.69) is 63.8 Å². The van der Waals surface area contributed by atoms with Crippen molar-refractivity contribution in [2.75, 3.05) is 13.2 Å². The molecule has 342 valence electrons. The molecule has 2 aliphatic heterocycles. The highest BCUT2D eigenvalue weighted by atomic mass is 19.1. The number of nitrogens with one attached hydrogen (secondary N) is 1. The second-order valence-corrected chi connectivity index (χ2v) is 19.9. The standard InChI is InChI=1S/C51H51FN10O5/c1-27-17-37(18-28(2)44(27)52)62-45(38-25-53-26-59(46(38)63)36-10-12-41-34(20-36)24-54-61(41)35-8-9-35)43-30(4)58(15-13-39(43)56-62)47(64)42-21-33-19-31(32-14-16-66-50(5,6)23-32)7-11-40(33)60(42)51(22-29(51)3)48-55-49(65)67-57-48/h7,10-12,17-21,24-26,29-30,32,35H,8-9,13-16,22-23H2,1-6H3,(H,55,57,65)/t29-,30-,32-,51-/m0/s1. The normalized spacial score (nSPS) is 22.4. The van der Waals surface area contributed by atoms with Crippen molar-refractivity contribution in [1.82, 2.24) is 48.7 Å². The number of carbonyl (C=O) groups excluding carboxylic acids is 1. The van der Waals surface area contributed by atoms with E-state index in [0.29, 0.717) is 77.3 Å². The van der Waals surface area contributed by atoms with E-state index in [1.165, 1.54) is 16.5 Å². The van der Waals surface area contributed by atoms with E-state index in [0.717, 1.165) is 53.2 Å². The van der Waals surface area contributed by atoms with Gasteiger partial charge in [0.2, 0.25) is 0 Å². The summed E-state index contributed by atoms with van der Waals surface area (Å²) in [6, 6.07) is 17.5. The van der Waals surface area contributed by atoms with Gasteiger partial charge in [0.25, 0.3) is 11.5 Å². The smallest absolute Gasteiger partial charge is 0.376 e. The summed E-state index contributed by atoms with van der Waals surface area (Å²) < 4.78 is 33.7. The first-order valence-electron chi connectivity index (χ1n) is 23.3. The van der Waals surface area contributed by atoms with Crippen LogP contribution in [0.1, 0.15) is 122 Å². The maximum Gasteiger partial charge on any atom is 0.438 e. The van der Waals surface area contributed by atoms with Crippen LogP contribution in [0.5, 0.6) is 0 Å². The number of benzene rings is 3. The van der Waals surface area contributed by atoms with Gasteiger partial charge in [-0.2, -0.15) is 10.2 Å². The maximum atomic E-state index is 15.6. The Balaban J connectivity index is 0.998. The number of nitrogens with zero attached hydrogens (tertiary/aromatic N) is 9. The van der Waals surface area contributed by atoms with Gasteiger partial charge in [-0.1, -0.05) is 18.1 Å². The summed E-state index contributed by atoms with van der Waals surface area (Å²) >= 11 is 0. The minimum atomic E-state index is -0.833. The van der Waals surface area contributed by atoms with Crippen molar-refractivity contribution in [3.8, 4) is 22.6 Å². The number of halogens is 1. The first kappa shape index (κ1) is 41.5. The van der Waals surface area contributed by atoms with Crippen molar-refractivity contribution >= 4 is 27.7 Å². The summed E-state index contributed by atoms with van der Waals surface area (Å²) in [6.45, 7) is 12.7. The fourth-order valence-corrected chi connectivity index (χ4v) is 11.3. The Bertz CT molecular complexity index is 3450. The third kappa shape index (κ3) is 6.50. The van der Waals surface area contributed by atoms with E-state index in [1.807, 2.05) is 47.0 Å². The number of aromatic nitrogens is 9. The predicted octanol–water partition coefficient (Wildman–Crippen LogP) is 8.37. The van der Waals surface area contributed by atoms with Crippen LogP contribution >= 0.6 is 0 Å². The molecule has 7 heterocycles. The zero-order valence-corrected chi connectivity index (χ0v) is 38.3. The summed E-state index contributed by atoms with van der Waals surface area (Å²) in [6.07, 6.45) is 9.89. The van der Waals surface area contributed by atoms with E-state index < -0.39 is 17.3 Å². The van der Waals surface area contributed by atoms with E-state index in [1.54, 1.807) is 36.9 Å². The Hall–Kier alpha value is -6.94. The van der Waals surface area contributed by atoms with E-state index in [9.17, 15) is 4.79 Å². The molecule has 0 unspecified atom stereocenters. The number of H-pyrrole nitrogens is 1. The average molecular weight is 903 g/mol. The summed E-state index contributed by atoms with van der Waals surface area (Å²) in [5.74, 6) is -0.511. The molecule has 1 N–H and O–H groups in total. The van der Waals surface area contributed by atoms with Crippen LogP contribution in [0.15, 0.2) is 87.4 Å². The second kappa shape index (κ2) is 14.8. The molecular weight excluding hydrogens is 852 g/mol. The number of hydrogen-bond acceptors (Lipinski definition) is 9. The highest BCUT2D eigenvalue weighted by molar-refractivity contribution is 6.00. The van der Waals surface area contributed by atoms with Crippen LogP contribution in [-0.2, 0) is 16.7 Å². The monoisotopic (exact) mass is 902 g/mol. The van der Waals surface area contributed by atoms with Crippen molar-refractivity contribution in [3.05, 3.63) is 140 Å². The van der Waals surface area contributed by atoms with Gasteiger partial charge in [0, 0.05) is 47.6 Å². The largest absolute Gasteiger partial charge is 0.438 e. The lowest BCUT2D eigenvalue weighted by molar-refractivity contribution is -0.0592. The number of fused-ring (bicyclic) bond motifs is 3. The number of amides is 1. The Labute approximate surface area is 384 Å². The molecule has 0 spiro atoms. The molecule has 5 aromatic heterocycles. The quantitative estimate of drug-likeness (QED) is 0.158. The van der Waals surface area contributed by atoms with Crippen LogP contribution in [0.25, 0.3) is 44.4 Å². The van der Waals surface area contributed by atoms with Gasteiger partial charge in [0.1, 0.15) is 23.4 Å². The highest BCUT2D eigenvalue weighted by Gasteiger charge is 2.59. The molecular formula is C51H51FN10O5. The van der Waals surface area contributed by atoms with Gasteiger partial charge in [0.15, 0.2) is 5.82 Å². The molecule has 4 aliphatic rings. The van der Waals surface area contributed by atoms with Gasteiger partial charge in [-0.3, -0.25) is 28.3 Å². The summed E-state index contributed by atoms with van der Waals surface area (Å²) in [5.41, 5.74) is 6.39. The van der Waals surface area contributed by atoms with E-state index >= 15 is 14.0 Å². The Kier molecular flexibility index (Phi) is 9.15. The molecule has 3 aromatic carbocycles. The van der Waals surface area contributed by atoms with Crippen LogP contribution in [-0.4, -0.2) is 73.4 Å². The lowest BCUT2D eigenvalue weighted by atomic mass is 9.83. The van der Waals surface area contributed by atoms with Gasteiger partial charge >= 0.3 is 5.76 Å². The van der Waals surface area contributed by atoms with Gasteiger partial charge in [-0.05, 0) is 144 Å². The average Bonchev–Trinajstić information content (AvgIpc) is 3.98. The van der Waals surface area contributed by atoms with Crippen molar-refractivity contribution in [2.45, 2.75) is 109 Å².